The highest BCUT2D eigenvalue weighted by molar-refractivity contribution is 7.99. The summed E-state index contributed by atoms with van der Waals surface area (Å²) in [4.78, 5) is 24.2. The van der Waals surface area contributed by atoms with Gasteiger partial charge in [-0.1, -0.05) is 17.8 Å². The molecule has 2 aromatic carbocycles. The zero-order valence-corrected chi connectivity index (χ0v) is 17.7. The highest BCUT2D eigenvalue weighted by Crippen LogP contribution is 2.24. The Hall–Kier alpha value is -3.67. The van der Waals surface area contributed by atoms with E-state index in [-0.39, 0.29) is 23.3 Å². The van der Waals surface area contributed by atoms with E-state index in [1.54, 1.807) is 24.3 Å². The van der Waals surface area contributed by atoms with Crippen molar-refractivity contribution < 1.29 is 23.1 Å². The number of nitrogens with two attached hydrogens (primary N) is 1. The maximum Gasteiger partial charge on any atom is 0.387 e. The van der Waals surface area contributed by atoms with Gasteiger partial charge in [-0.25, -0.2) is 4.68 Å². The summed E-state index contributed by atoms with van der Waals surface area (Å²) in [7, 11) is 0. The first kappa shape index (κ1) is 23.0. The molecule has 0 aliphatic heterocycles. The lowest BCUT2D eigenvalue weighted by molar-refractivity contribution is -0.113. The van der Waals surface area contributed by atoms with Gasteiger partial charge in [0.15, 0.2) is 5.82 Å². The quantitative estimate of drug-likeness (QED) is 0.330. The van der Waals surface area contributed by atoms with Gasteiger partial charge in [0.25, 0.3) is 5.91 Å². The Morgan fingerprint density at radius 1 is 1.19 bits per heavy atom. The minimum absolute atomic E-state index is 0.00187. The fraction of sp³-hybridized carbons (Fsp3) is 0.200. The Kier molecular flexibility index (Phi) is 7.60. The van der Waals surface area contributed by atoms with Crippen LogP contribution < -0.4 is 21.2 Å². The van der Waals surface area contributed by atoms with Gasteiger partial charge in [0.1, 0.15) is 5.75 Å². The van der Waals surface area contributed by atoms with E-state index < -0.39 is 6.61 Å². The normalized spacial score (nSPS) is 10.8. The molecule has 0 fully saturated rings. The second-order valence-electron chi connectivity index (χ2n) is 6.36. The summed E-state index contributed by atoms with van der Waals surface area (Å²) in [5, 5.41) is 13.7. The SMILES string of the molecule is CCNC(=O)c1cccc(NC(=O)CSc2nnc(-c3ccc(OC(F)F)cc3)n2N)c1. The van der Waals surface area contributed by atoms with Crippen LogP contribution in [0.2, 0.25) is 0 Å². The summed E-state index contributed by atoms with van der Waals surface area (Å²) in [5.74, 6) is 5.78. The maximum atomic E-state index is 12.3. The molecule has 1 heterocycles. The fourth-order valence-electron chi connectivity index (χ4n) is 2.69. The topological polar surface area (TPSA) is 124 Å². The number of rotatable bonds is 9. The lowest BCUT2D eigenvalue weighted by Crippen LogP contribution is -2.23. The molecule has 3 rings (SSSR count). The third kappa shape index (κ3) is 5.94. The summed E-state index contributed by atoms with van der Waals surface area (Å²) >= 11 is 1.07. The predicted molar refractivity (Wildman–Crippen MR) is 116 cm³/mol. The molecule has 0 saturated heterocycles. The molecule has 0 saturated carbocycles. The van der Waals surface area contributed by atoms with E-state index in [4.69, 9.17) is 5.84 Å². The molecule has 12 heteroatoms. The van der Waals surface area contributed by atoms with Crippen LogP contribution in [0.5, 0.6) is 5.75 Å². The van der Waals surface area contributed by atoms with E-state index in [1.165, 1.54) is 28.9 Å². The molecule has 168 valence electrons. The van der Waals surface area contributed by atoms with Crippen LogP contribution in [0, 0.1) is 0 Å². The molecule has 0 aliphatic carbocycles. The molecule has 0 atom stereocenters. The van der Waals surface area contributed by atoms with Crippen LogP contribution in [0.4, 0.5) is 14.5 Å². The number of anilines is 1. The lowest BCUT2D eigenvalue weighted by Gasteiger charge is -2.08. The van der Waals surface area contributed by atoms with Crippen molar-refractivity contribution >= 4 is 29.3 Å². The molecule has 0 unspecified atom stereocenters. The fourth-order valence-corrected chi connectivity index (χ4v) is 3.34. The lowest BCUT2D eigenvalue weighted by atomic mass is 10.2. The number of hydrogen-bond acceptors (Lipinski definition) is 7. The zero-order chi connectivity index (χ0) is 23.1. The third-order valence-electron chi connectivity index (χ3n) is 4.08. The van der Waals surface area contributed by atoms with Crippen molar-refractivity contribution in [1.29, 1.82) is 0 Å². The third-order valence-corrected chi connectivity index (χ3v) is 5.02. The molecule has 0 bridgehead atoms. The van der Waals surface area contributed by atoms with E-state index >= 15 is 0 Å². The minimum atomic E-state index is -2.91. The monoisotopic (exact) mass is 462 g/mol. The van der Waals surface area contributed by atoms with Gasteiger partial charge in [0, 0.05) is 23.4 Å². The number of ether oxygens (including phenoxy) is 1. The molecule has 3 aromatic rings. The number of carbonyl (C=O) groups is 2. The number of aromatic nitrogens is 3. The first-order valence-corrected chi connectivity index (χ1v) is 10.4. The molecule has 0 aliphatic rings. The molecule has 32 heavy (non-hydrogen) atoms. The number of alkyl halides is 2. The van der Waals surface area contributed by atoms with E-state index in [9.17, 15) is 18.4 Å². The van der Waals surface area contributed by atoms with Gasteiger partial charge in [-0.15, -0.1) is 10.2 Å². The van der Waals surface area contributed by atoms with Crippen molar-refractivity contribution in [3.05, 3.63) is 54.1 Å². The van der Waals surface area contributed by atoms with Crippen LogP contribution in [-0.4, -0.2) is 45.6 Å². The van der Waals surface area contributed by atoms with Crippen molar-refractivity contribution in [1.82, 2.24) is 20.2 Å². The summed E-state index contributed by atoms with van der Waals surface area (Å²) in [6.45, 7) is -0.593. The van der Waals surface area contributed by atoms with Gasteiger partial charge < -0.3 is 21.2 Å². The molecule has 1 aromatic heterocycles. The molecular formula is C20H20F2N6O3S. The summed E-state index contributed by atoms with van der Waals surface area (Å²) in [6, 6.07) is 12.4. The maximum absolute atomic E-state index is 12.3. The Balaban J connectivity index is 1.60. The van der Waals surface area contributed by atoms with Gasteiger partial charge in [-0.3, -0.25) is 9.59 Å². The van der Waals surface area contributed by atoms with Crippen molar-refractivity contribution in [3.63, 3.8) is 0 Å². The molecule has 0 spiro atoms. The second-order valence-corrected chi connectivity index (χ2v) is 7.30. The number of nitrogen functional groups attached to an aromatic ring is 1. The van der Waals surface area contributed by atoms with Crippen LogP contribution in [0.3, 0.4) is 0 Å². The van der Waals surface area contributed by atoms with Crippen molar-refractivity contribution in [2.45, 2.75) is 18.7 Å². The molecule has 4 N–H and O–H groups in total. The Labute approximate surface area is 186 Å². The van der Waals surface area contributed by atoms with Crippen LogP contribution in [0.1, 0.15) is 17.3 Å². The summed E-state index contributed by atoms with van der Waals surface area (Å²) < 4.78 is 30.0. The van der Waals surface area contributed by atoms with Crippen molar-refractivity contribution in [2.75, 3.05) is 23.5 Å². The Morgan fingerprint density at radius 2 is 1.94 bits per heavy atom. The highest BCUT2D eigenvalue weighted by atomic mass is 32.2. The predicted octanol–water partition coefficient (Wildman–Crippen LogP) is 2.74. The van der Waals surface area contributed by atoms with E-state index in [0.717, 1.165) is 11.8 Å². The van der Waals surface area contributed by atoms with Gasteiger partial charge in [0.05, 0.1) is 5.75 Å². The van der Waals surface area contributed by atoms with E-state index in [2.05, 4.69) is 25.6 Å². The number of benzene rings is 2. The molecule has 0 radical (unpaired) electrons. The van der Waals surface area contributed by atoms with Crippen molar-refractivity contribution in [3.8, 4) is 17.1 Å². The Morgan fingerprint density at radius 3 is 2.62 bits per heavy atom. The average Bonchev–Trinajstić information content (AvgIpc) is 3.13. The van der Waals surface area contributed by atoms with Crippen LogP contribution in [0.25, 0.3) is 11.4 Å². The number of carbonyl (C=O) groups excluding carboxylic acids is 2. The van der Waals surface area contributed by atoms with Gasteiger partial charge >= 0.3 is 6.61 Å². The highest BCUT2D eigenvalue weighted by Gasteiger charge is 2.15. The molecule has 2 amide bonds. The van der Waals surface area contributed by atoms with Crippen molar-refractivity contribution in [2.24, 2.45) is 0 Å². The molecular weight excluding hydrogens is 442 g/mol. The molecule has 9 nitrogen and oxygen atoms in total. The van der Waals surface area contributed by atoms with Crippen LogP contribution in [-0.2, 0) is 4.79 Å². The number of nitrogens with one attached hydrogen (secondary N) is 2. The second kappa shape index (κ2) is 10.6. The standard InChI is InChI=1S/C20H20F2N6O3S/c1-2-24-18(30)13-4-3-5-14(10-13)25-16(29)11-32-20-27-26-17(28(20)23)12-6-8-15(9-7-12)31-19(21)22/h3-10,19H,2,11,23H2,1H3,(H,24,30)(H,25,29). The van der Waals surface area contributed by atoms with Crippen LogP contribution >= 0.6 is 11.8 Å². The largest absolute Gasteiger partial charge is 0.435 e. The zero-order valence-electron chi connectivity index (χ0n) is 16.9. The summed E-state index contributed by atoms with van der Waals surface area (Å²) in [6.07, 6.45) is 0. The number of nitrogens with zero attached hydrogens (tertiary/aromatic N) is 3. The number of halogens is 2. The van der Waals surface area contributed by atoms with E-state index in [0.29, 0.717) is 34.3 Å². The minimum Gasteiger partial charge on any atom is -0.435 e. The smallest absolute Gasteiger partial charge is 0.387 e. The first-order valence-electron chi connectivity index (χ1n) is 9.44. The Bertz CT molecular complexity index is 1090. The first-order chi connectivity index (χ1) is 15.4. The summed E-state index contributed by atoms with van der Waals surface area (Å²) in [5.41, 5.74) is 1.47. The van der Waals surface area contributed by atoms with Gasteiger partial charge in [0.2, 0.25) is 11.1 Å². The average molecular weight is 462 g/mol. The number of thioether (sulfide) groups is 1. The van der Waals surface area contributed by atoms with E-state index in [1.807, 2.05) is 6.92 Å². The van der Waals surface area contributed by atoms with Gasteiger partial charge in [-0.2, -0.15) is 8.78 Å². The van der Waals surface area contributed by atoms with Gasteiger partial charge in [-0.05, 0) is 49.4 Å². The number of hydrogen-bond donors (Lipinski definition) is 3. The van der Waals surface area contributed by atoms with Crippen LogP contribution in [0.15, 0.2) is 53.7 Å². The number of amides is 2.